The van der Waals surface area contributed by atoms with Crippen molar-refractivity contribution in [3.63, 3.8) is 0 Å². The molecule has 1 unspecified atom stereocenters. The molecule has 0 saturated carbocycles. The molecule has 0 saturated heterocycles. The summed E-state index contributed by atoms with van der Waals surface area (Å²) in [7, 11) is 1.61. The molecule has 1 atom stereocenters. The van der Waals surface area contributed by atoms with Crippen molar-refractivity contribution < 1.29 is 19.4 Å². The lowest BCUT2D eigenvalue weighted by Gasteiger charge is -2.14. The average Bonchev–Trinajstić information content (AvgIpc) is 3.16. The number of ether oxygens (including phenoxy) is 1. The number of carboxylic acid groups (broad SMARTS) is 1. The molecule has 1 heterocycles. The van der Waals surface area contributed by atoms with Crippen LogP contribution in [0.25, 0.3) is 10.6 Å². The molecular formula is C21H20N2O4S. The quantitative estimate of drug-likeness (QED) is 0.611. The van der Waals surface area contributed by atoms with Crippen LogP contribution in [0.2, 0.25) is 0 Å². The molecular weight excluding hydrogens is 376 g/mol. The number of carbonyl (C=O) groups is 2. The molecule has 2 aromatic carbocycles. The van der Waals surface area contributed by atoms with Crippen LogP contribution in [0.15, 0.2) is 60.0 Å². The molecule has 2 N–H and O–H groups in total. The molecule has 0 bridgehead atoms. The number of aliphatic carboxylic acids is 1. The lowest BCUT2D eigenvalue weighted by molar-refractivity contribution is -0.141. The number of methoxy groups -OCH3 is 1. The van der Waals surface area contributed by atoms with Gasteiger partial charge in [0, 0.05) is 17.4 Å². The van der Waals surface area contributed by atoms with Gasteiger partial charge in [-0.2, -0.15) is 0 Å². The zero-order chi connectivity index (χ0) is 19.9. The van der Waals surface area contributed by atoms with Gasteiger partial charge in [-0.3, -0.25) is 4.79 Å². The van der Waals surface area contributed by atoms with Crippen molar-refractivity contribution in [1.82, 2.24) is 10.3 Å². The Kier molecular flexibility index (Phi) is 6.39. The molecule has 0 spiro atoms. The molecule has 6 nitrogen and oxygen atoms in total. The van der Waals surface area contributed by atoms with Crippen LogP contribution in [0.5, 0.6) is 5.75 Å². The highest BCUT2D eigenvalue weighted by Gasteiger charge is 2.21. The fourth-order valence-electron chi connectivity index (χ4n) is 2.71. The summed E-state index contributed by atoms with van der Waals surface area (Å²) in [6, 6.07) is 15.7. The highest BCUT2D eigenvalue weighted by molar-refractivity contribution is 7.13. The van der Waals surface area contributed by atoms with Crippen LogP contribution < -0.4 is 10.1 Å². The van der Waals surface area contributed by atoms with Gasteiger partial charge in [0.05, 0.1) is 19.2 Å². The first-order valence-corrected chi connectivity index (χ1v) is 9.58. The van der Waals surface area contributed by atoms with Gasteiger partial charge in [0.15, 0.2) is 0 Å². The van der Waals surface area contributed by atoms with Gasteiger partial charge in [-0.15, -0.1) is 11.3 Å². The number of aromatic nitrogens is 1. The number of hydrogen-bond donors (Lipinski definition) is 2. The molecule has 0 fully saturated rings. The van der Waals surface area contributed by atoms with Crippen molar-refractivity contribution in [2.24, 2.45) is 0 Å². The normalized spacial score (nSPS) is 11.6. The Hall–Kier alpha value is -3.19. The standard InChI is InChI=1S/C21H20N2O4S/c1-27-17-9-7-15(8-10-17)20-22-16(13-28-20)12-19(24)23-18(21(25)26)11-14-5-3-2-4-6-14/h2-10,13,18H,11-12H2,1H3,(H,23,24)(H,25,26). The molecule has 28 heavy (non-hydrogen) atoms. The van der Waals surface area contributed by atoms with Gasteiger partial charge in [-0.05, 0) is 29.8 Å². The summed E-state index contributed by atoms with van der Waals surface area (Å²) in [5, 5.41) is 14.6. The number of carbonyl (C=O) groups excluding carboxylic acids is 1. The Morgan fingerprint density at radius 3 is 2.50 bits per heavy atom. The minimum atomic E-state index is -1.06. The maximum Gasteiger partial charge on any atom is 0.326 e. The maximum atomic E-state index is 12.3. The second-order valence-electron chi connectivity index (χ2n) is 6.20. The zero-order valence-electron chi connectivity index (χ0n) is 15.3. The number of thiazole rings is 1. The van der Waals surface area contributed by atoms with Crippen LogP contribution >= 0.6 is 11.3 Å². The van der Waals surface area contributed by atoms with E-state index in [9.17, 15) is 14.7 Å². The molecule has 7 heteroatoms. The predicted molar refractivity (Wildman–Crippen MR) is 108 cm³/mol. The van der Waals surface area contributed by atoms with E-state index in [-0.39, 0.29) is 18.7 Å². The van der Waals surface area contributed by atoms with E-state index in [0.29, 0.717) is 5.69 Å². The van der Waals surface area contributed by atoms with E-state index < -0.39 is 12.0 Å². The van der Waals surface area contributed by atoms with E-state index in [2.05, 4.69) is 10.3 Å². The molecule has 0 aliphatic heterocycles. The van der Waals surface area contributed by atoms with Crippen LogP contribution in [-0.2, 0) is 22.4 Å². The van der Waals surface area contributed by atoms with E-state index >= 15 is 0 Å². The Labute approximate surface area is 166 Å². The molecule has 1 aromatic heterocycles. The summed E-state index contributed by atoms with van der Waals surface area (Å²) < 4.78 is 5.14. The fourth-order valence-corrected chi connectivity index (χ4v) is 3.54. The van der Waals surface area contributed by atoms with Gasteiger partial charge in [0.25, 0.3) is 0 Å². The van der Waals surface area contributed by atoms with Gasteiger partial charge in [-0.25, -0.2) is 9.78 Å². The van der Waals surface area contributed by atoms with Crippen molar-refractivity contribution >= 4 is 23.2 Å². The van der Waals surface area contributed by atoms with E-state index in [4.69, 9.17) is 4.74 Å². The summed E-state index contributed by atoms with van der Waals surface area (Å²) >= 11 is 1.44. The maximum absolute atomic E-state index is 12.3. The van der Waals surface area contributed by atoms with Gasteiger partial charge < -0.3 is 15.2 Å². The number of rotatable bonds is 8. The summed E-state index contributed by atoms with van der Waals surface area (Å²) in [5.74, 6) is -0.664. The molecule has 3 aromatic rings. The van der Waals surface area contributed by atoms with Crippen molar-refractivity contribution in [2.75, 3.05) is 7.11 Å². The fraction of sp³-hybridized carbons (Fsp3) is 0.190. The number of amides is 1. The van der Waals surface area contributed by atoms with Crippen molar-refractivity contribution in [2.45, 2.75) is 18.9 Å². The van der Waals surface area contributed by atoms with Gasteiger partial charge >= 0.3 is 5.97 Å². The van der Waals surface area contributed by atoms with Crippen LogP contribution in [-0.4, -0.2) is 35.1 Å². The molecule has 144 valence electrons. The smallest absolute Gasteiger partial charge is 0.326 e. The van der Waals surface area contributed by atoms with Crippen LogP contribution in [0.4, 0.5) is 0 Å². The number of benzene rings is 2. The minimum absolute atomic E-state index is 0.0330. The Bertz CT molecular complexity index is 939. The summed E-state index contributed by atoms with van der Waals surface area (Å²) in [4.78, 5) is 28.3. The van der Waals surface area contributed by atoms with Crippen molar-refractivity contribution in [1.29, 1.82) is 0 Å². The third kappa shape index (κ3) is 5.17. The molecule has 0 aliphatic rings. The van der Waals surface area contributed by atoms with E-state index in [1.165, 1.54) is 11.3 Å². The highest BCUT2D eigenvalue weighted by atomic mass is 32.1. The monoisotopic (exact) mass is 396 g/mol. The summed E-state index contributed by atoms with van der Waals surface area (Å²) in [6.45, 7) is 0. The second kappa shape index (κ2) is 9.14. The Morgan fingerprint density at radius 1 is 1.14 bits per heavy atom. The summed E-state index contributed by atoms with van der Waals surface area (Å²) in [5.41, 5.74) is 2.40. The molecule has 0 radical (unpaired) electrons. The summed E-state index contributed by atoms with van der Waals surface area (Å²) in [6.07, 6.45) is 0.265. The second-order valence-corrected chi connectivity index (χ2v) is 7.06. The Balaban J connectivity index is 1.62. The van der Waals surface area contributed by atoms with Crippen LogP contribution in [0.3, 0.4) is 0 Å². The van der Waals surface area contributed by atoms with E-state index in [1.807, 2.05) is 60.0 Å². The largest absolute Gasteiger partial charge is 0.497 e. The molecule has 0 aliphatic carbocycles. The lowest BCUT2D eigenvalue weighted by atomic mass is 10.1. The number of nitrogens with one attached hydrogen (secondary N) is 1. The third-order valence-corrected chi connectivity index (χ3v) is 5.09. The first-order chi connectivity index (χ1) is 13.5. The van der Waals surface area contributed by atoms with Crippen LogP contribution in [0.1, 0.15) is 11.3 Å². The van der Waals surface area contributed by atoms with Crippen molar-refractivity contribution in [3.8, 4) is 16.3 Å². The van der Waals surface area contributed by atoms with Crippen molar-refractivity contribution in [3.05, 3.63) is 71.2 Å². The zero-order valence-corrected chi connectivity index (χ0v) is 16.1. The van der Waals surface area contributed by atoms with Crippen LogP contribution in [0, 0.1) is 0 Å². The van der Waals surface area contributed by atoms with Gasteiger partial charge in [-0.1, -0.05) is 30.3 Å². The predicted octanol–water partition coefficient (Wildman–Crippen LogP) is 3.17. The van der Waals surface area contributed by atoms with E-state index in [1.54, 1.807) is 7.11 Å². The number of hydrogen-bond acceptors (Lipinski definition) is 5. The first-order valence-electron chi connectivity index (χ1n) is 8.70. The number of carboxylic acids is 1. The first kappa shape index (κ1) is 19.6. The highest BCUT2D eigenvalue weighted by Crippen LogP contribution is 2.25. The third-order valence-electron chi connectivity index (χ3n) is 4.15. The molecule has 1 amide bonds. The minimum Gasteiger partial charge on any atom is -0.497 e. The van der Waals surface area contributed by atoms with Gasteiger partial charge in [0.2, 0.25) is 5.91 Å². The lowest BCUT2D eigenvalue weighted by Crippen LogP contribution is -2.43. The Morgan fingerprint density at radius 2 is 1.86 bits per heavy atom. The SMILES string of the molecule is COc1ccc(-c2nc(CC(=O)NC(Cc3ccccc3)C(=O)O)cs2)cc1. The molecule has 3 rings (SSSR count). The van der Waals surface area contributed by atoms with Gasteiger partial charge in [0.1, 0.15) is 16.8 Å². The average molecular weight is 396 g/mol. The van der Waals surface area contributed by atoms with E-state index in [0.717, 1.165) is 21.9 Å². The topological polar surface area (TPSA) is 88.5 Å². The number of nitrogens with zero attached hydrogens (tertiary/aromatic N) is 1.